The number of benzene rings is 1. The first-order chi connectivity index (χ1) is 8.90. The van der Waals surface area contributed by atoms with Crippen molar-refractivity contribution in [1.29, 1.82) is 0 Å². The van der Waals surface area contributed by atoms with Gasteiger partial charge in [0.1, 0.15) is 11.3 Å². The molecule has 0 saturated heterocycles. The molecule has 0 amide bonds. The average molecular weight is 258 g/mol. The molecule has 5 heteroatoms. The fourth-order valence-corrected chi connectivity index (χ4v) is 2.12. The second-order valence-corrected chi connectivity index (χ2v) is 4.88. The summed E-state index contributed by atoms with van der Waals surface area (Å²) in [7, 11) is 0. The van der Waals surface area contributed by atoms with Crippen LogP contribution in [0, 0.1) is 0 Å². The Balaban J connectivity index is 2.40. The first kappa shape index (κ1) is 11.6. The van der Waals surface area contributed by atoms with Crippen molar-refractivity contribution in [1.82, 2.24) is 0 Å². The number of ether oxygens (including phenoxy) is 1. The van der Waals surface area contributed by atoms with Crippen molar-refractivity contribution >= 4 is 22.5 Å². The van der Waals surface area contributed by atoms with Crippen molar-refractivity contribution in [3.05, 3.63) is 40.2 Å². The lowest BCUT2D eigenvalue weighted by atomic mass is 9.90. The van der Waals surface area contributed by atoms with Crippen LogP contribution in [0.5, 0.6) is 5.75 Å². The summed E-state index contributed by atoms with van der Waals surface area (Å²) in [5.41, 5.74) is -1.66. The molecule has 0 fully saturated rings. The molecule has 2 heterocycles. The van der Waals surface area contributed by atoms with Crippen molar-refractivity contribution in [3.8, 4) is 5.75 Å². The minimum atomic E-state index is -1.20. The van der Waals surface area contributed by atoms with Crippen LogP contribution in [0.1, 0.15) is 24.2 Å². The fraction of sp³-hybridized carbons (Fsp3) is 0.214. The fourth-order valence-electron chi connectivity index (χ4n) is 2.12. The standard InChI is InChI=1S/C14H10O5/c1-14(2)13(17)11(16)10-8(19-14)5-3-7-4-6-9(15)18-12(7)10/h3-6H,1-2H3. The molecule has 3 rings (SSSR count). The summed E-state index contributed by atoms with van der Waals surface area (Å²) in [5, 5.41) is 0.572. The molecule has 0 spiro atoms. The molecular formula is C14H10O5. The van der Waals surface area contributed by atoms with Crippen LogP contribution in [0.15, 0.2) is 33.5 Å². The number of hydrogen-bond acceptors (Lipinski definition) is 5. The summed E-state index contributed by atoms with van der Waals surface area (Å²) in [6.45, 7) is 3.06. The highest BCUT2D eigenvalue weighted by atomic mass is 16.5. The number of hydrogen-bond donors (Lipinski definition) is 0. The predicted molar refractivity (Wildman–Crippen MR) is 66.5 cm³/mol. The SMILES string of the molecule is CC1(C)Oc2ccc3ccc(=O)oc3c2C(=O)C1=O. The summed E-state index contributed by atoms with van der Waals surface area (Å²) >= 11 is 0. The van der Waals surface area contributed by atoms with Crippen LogP contribution in [0.3, 0.4) is 0 Å². The quantitative estimate of drug-likeness (QED) is 0.531. The largest absolute Gasteiger partial charge is 0.479 e. The van der Waals surface area contributed by atoms with Gasteiger partial charge in [-0.15, -0.1) is 0 Å². The van der Waals surface area contributed by atoms with Crippen molar-refractivity contribution < 1.29 is 18.7 Å². The molecule has 0 atom stereocenters. The number of Topliss-reactive ketones (excluding diaryl/α,β-unsaturated/α-hetero) is 2. The highest BCUT2D eigenvalue weighted by Gasteiger charge is 2.43. The maximum Gasteiger partial charge on any atom is 0.336 e. The van der Waals surface area contributed by atoms with E-state index in [0.29, 0.717) is 5.39 Å². The molecule has 5 nitrogen and oxygen atoms in total. The monoisotopic (exact) mass is 258 g/mol. The molecular weight excluding hydrogens is 248 g/mol. The highest BCUT2D eigenvalue weighted by Crippen LogP contribution is 2.35. The normalized spacial score (nSPS) is 17.2. The smallest absolute Gasteiger partial charge is 0.336 e. The van der Waals surface area contributed by atoms with E-state index in [1.54, 1.807) is 18.2 Å². The topological polar surface area (TPSA) is 73.6 Å². The number of ketones is 2. The second-order valence-electron chi connectivity index (χ2n) is 4.88. The third-order valence-electron chi connectivity index (χ3n) is 3.10. The van der Waals surface area contributed by atoms with E-state index in [4.69, 9.17) is 9.15 Å². The zero-order valence-corrected chi connectivity index (χ0v) is 10.4. The van der Waals surface area contributed by atoms with Gasteiger partial charge in [-0.05, 0) is 32.0 Å². The zero-order valence-electron chi connectivity index (χ0n) is 10.4. The average Bonchev–Trinajstić information content (AvgIpc) is 2.35. The van der Waals surface area contributed by atoms with Crippen molar-refractivity contribution in [2.24, 2.45) is 0 Å². The van der Waals surface area contributed by atoms with Crippen molar-refractivity contribution in [2.75, 3.05) is 0 Å². The Morgan fingerprint density at radius 2 is 1.68 bits per heavy atom. The highest BCUT2D eigenvalue weighted by molar-refractivity contribution is 6.49. The molecule has 0 unspecified atom stereocenters. The molecule has 1 aromatic heterocycles. The van der Waals surface area contributed by atoms with Crippen molar-refractivity contribution in [3.63, 3.8) is 0 Å². The molecule has 1 aliphatic rings. The number of rotatable bonds is 0. The molecule has 0 bridgehead atoms. The molecule has 0 radical (unpaired) electrons. The van der Waals surface area contributed by atoms with E-state index < -0.39 is 22.8 Å². The second kappa shape index (κ2) is 3.54. The Hall–Kier alpha value is -2.43. The van der Waals surface area contributed by atoms with Gasteiger partial charge in [0.05, 0.1) is 0 Å². The Kier molecular flexibility index (Phi) is 2.17. The van der Waals surface area contributed by atoms with Gasteiger partial charge in [0.2, 0.25) is 11.6 Å². The van der Waals surface area contributed by atoms with Gasteiger partial charge in [0.15, 0.2) is 11.2 Å². The Morgan fingerprint density at radius 3 is 2.42 bits per heavy atom. The Labute approximate surface area is 107 Å². The van der Waals surface area contributed by atoms with E-state index in [0.717, 1.165) is 0 Å². The first-order valence-corrected chi connectivity index (χ1v) is 5.75. The van der Waals surface area contributed by atoms with Crippen LogP contribution in [-0.4, -0.2) is 17.2 Å². The van der Waals surface area contributed by atoms with Crippen LogP contribution in [0.2, 0.25) is 0 Å². The van der Waals surface area contributed by atoms with Crippen LogP contribution in [0.25, 0.3) is 11.0 Å². The van der Waals surface area contributed by atoms with Crippen LogP contribution >= 0.6 is 0 Å². The third-order valence-corrected chi connectivity index (χ3v) is 3.10. The minimum Gasteiger partial charge on any atom is -0.479 e. The van der Waals surface area contributed by atoms with E-state index in [-0.39, 0.29) is 16.9 Å². The molecule has 0 N–H and O–H groups in total. The van der Waals surface area contributed by atoms with E-state index in [9.17, 15) is 14.4 Å². The third kappa shape index (κ3) is 1.58. The van der Waals surface area contributed by atoms with Gasteiger partial charge < -0.3 is 9.15 Å². The van der Waals surface area contributed by atoms with E-state index in [1.165, 1.54) is 19.9 Å². The number of carbonyl (C=O) groups is 2. The molecule has 19 heavy (non-hydrogen) atoms. The Morgan fingerprint density at radius 1 is 1.00 bits per heavy atom. The van der Waals surface area contributed by atoms with E-state index in [1.807, 2.05) is 0 Å². The molecule has 1 aliphatic heterocycles. The molecule has 96 valence electrons. The van der Waals surface area contributed by atoms with Gasteiger partial charge in [-0.1, -0.05) is 0 Å². The molecule has 2 aromatic rings. The van der Waals surface area contributed by atoms with Crippen LogP contribution < -0.4 is 10.4 Å². The lowest BCUT2D eigenvalue weighted by Gasteiger charge is -2.29. The van der Waals surface area contributed by atoms with Gasteiger partial charge in [0.25, 0.3) is 0 Å². The van der Waals surface area contributed by atoms with E-state index >= 15 is 0 Å². The zero-order chi connectivity index (χ0) is 13.8. The summed E-state index contributed by atoms with van der Waals surface area (Å²) in [5.74, 6) is -1.08. The predicted octanol–water partition coefficient (Wildman–Crippen LogP) is 1.72. The van der Waals surface area contributed by atoms with Crippen LogP contribution in [0.4, 0.5) is 0 Å². The van der Waals surface area contributed by atoms with Gasteiger partial charge in [0, 0.05) is 11.5 Å². The summed E-state index contributed by atoms with van der Waals surface area (Å²) < 4.78 is 10.6. The molecule has 1 aromatic carbocycles. The number of carbonyl (C=O) groups excluding carboxylic acids is 2. The lowest BCUT2D eigenvalue weighted by molar-refractivity contribution is -0.128. The lowest BCUT2D eigenvalue weighted by Crippen LogP contribution is -2.46. The van der Waals surface area contributed by atoms with Gasteiger partial charge >= 0.3 is 5.63 Å². The van der Waals surface area contributed by atoms with Crippen molar-refractivity contribution in [2.45, 2.75) is 19.4 Å². The summed E-state index contributed by atoms with van der Waals surface area (Å²) in [4.78, 5) is 35.4. The summed E-state index contributed by atoms with van der Waals surface area (Å²) in [6.07, 6.45) is 0. The van der Waals surface area contributed by atoms with E-state index in [2.05, 4.69) is 0 Å². The maximum atomic E-state index is 12.2. The first-order valence-electron chi connectivity index (χ1n) is 5.75. The Bertz CT molecular complexity index is 782. The minimum absolute atomic E-state index is 0.0273. The van der Waals surface area contributed by atoms with Gasteiger partial charge in [-0.25, -0.2) is 4.79 Å². The maximum absolute atomic E-state index is 12.2. The number of fused-ring (bicyclic) bond motifs is 3. The molecule has 0 saturated carbocycles. The van der Waals surface area contributed by atoms with Crippen LogP contribution in [-0.2, 0) is 4.79 Å². The van der Waals surface area contributed by atoms with Gasteiger partial charge in [-0.3, -0.25) is 9.59 Å². The summed E-state index contributed by atoms with van der Waals surface area (Å²) in [6, 6.07) is 6.08. The molecule has 0 aliphatic carbocycles. The van der Waals surface area contributed by atoms with Gasteiger partial charge in [-0.2, -0.15) is 0 Å².